The van der Waals surface area contributed by atoms with Crippen molar-refractivity contribution in [2.24, 2.45) is 0 Å². The van der Waals surface area contributed by atoms with Gasteiger partial charge < -0.3 is 5.32 Å². The number of hydrogen-bond donors (Lipinski definition) is 1. The largest absolute Gasteiger partial charge is 0.302 e. The highest BCUT2D eigenvalue weighted by atomic mass is 32.1. The van der Waals surface area contributed by atoms with Crippen LogP contribution in [0.5, 0.6) is 0 Å². The molecule has 1 heterocycles. The molecule has 0 bridgehead atoms. The van der Waals surface area contributed by atoms with Crippen LogP contribution in [-0.2, 0) is 11.2 Å². The Labute approximate surface area is 114 Å². The molecule has 1 N–H and O–H groups in total. The van der Waals surface area contributed by atoms with Crippen LogP contribution in [-0.4, -0.2) is 10.9 Å². The first-order valence-electron chi connectivity index (χ1n) is 5.98. The maximum absolute atomic E-state index is 11.9. The van der Waals surface area contributed by atoms with E-state index in [-0.39, 0.29) is 5.91 Å². The standard InChI is InChI=1S/C15H12N2OS/c18-14(17-15-16-7-8-19-15)10-11-5-6-12-3-1-2-4-13(12)9-11/h1-9H,10H2,(H,16,17,18). The van der Waals surface area contributed by atoms with Crippen LogP contribution < -0.4 is 5.32 Å². The summed E-state index contributed by atoms with van der Waals surface area (Å²) in [7, 11) is 0. The molecule has 0 atom stereocenters. The molecule has 94 valence electrons. The van der Waals surface area contributed by atoms with Crippen molar-refractivity contribution >= 4 is 33.1 Å². The molecule has 0 fully saturated rings. The van der Waals surface area contributed by atoms with Crippen LogP contribution in [0.1, 0.15) is 5.56 Å². The van der Waals surface area contributed by atoms with Gasteiger partial charge in [0.15, 0.2) is 5.13 Å². The molecule has 4 heteroatoms. The van der Waals surface area contributed by atoms with Gasteiger partial charge in [-0.15, -0.1) is 11.3 Å². The highest BCUT2D eigenvalue weighted by molar-refractivity contribution is 7.13. The zero-order valence-corrected chi connectivity index (χ0v) is 11.0. The highest BCUT2D eigenvalue weighted by Crippen LogP contribution is 2.17. The normalized spacial score (nSPS) is 10.5. The van der Waals surface area contributed by atoms with Gasteiger partial charge in [-0.2, -0.15) is 0 Å². The first-order valence-corrected chi connectivity index (χ1v) is 6.86. The number of nitrogens with zero attached hydrogens (tertiary/aromatic N) is 1. The molecule has 0 aliphatic heterocycles. The Morgan fingerprint density at radius 3 is 2.79 bits per heavy atom. The number of carbonyl (C=O) groups is 1. The summed E-state index contributed by atoms with van der Waals surface area (Å²) in [6.45, 7) is 0. The van der Waals surface area contributed by atoms with Gasteiger partial charge in [0.2, 0.25) is 5.91 Å². The summed E-state index contributed by atoms with van der Waals surface area (Å²) in [5, 5.41) is 7.61. The lowest BCUT2D eigenvalue weighted by Crippen LogP contribution is -2.14. The highest BCUT2D eigenvalue weighted by Gasteiger charge is 2.06. The van der Waals surface area contributed by atoms with Crippen LogP contribution in [0.3, 0.4) is 0 Å². The number of anilines is 1. The Morgan fingerprint density at radius 1 is 1.16 bits per heavy atom. The average Bonchev–Trinajstić information content (AvgIpc) is 2.91. The third-order valence-electron chi connectivity index (χ3n) is 2.86. The molecule has 0 aliphatic rings. The molecule has 0 spiro atoms. The van der Waals surface area contributed by atoms with E-state index in [2.05, 4.69) is 28.5 Å². The molecular formula is C15H12N2OS. The third kappa shape index (κ3) is 2.80. The predicted octanol–water partition coefficient (Wildman–Crippen LogP) is 3.48. The summed E-state index contributed by atoms with van der Waals surface area (Å²) in [4.78, 5) is 15.9. The number of nitrogens with one attached hydrogen (secondary N) is 1. The molecule has 3 nitrogen and oxygen atoms in total. The van der Waals surface area contributed by atoms with Crippen LogP contribution in [0.25, 0.3) is 10.8 Å². The SMILES string of the molecule is O=C(Cc1ccc2ccccc2c1)Nc1nccs1. The summed E-state index contributed by atoms with van der Waals surface area (Å²) >= 11 is 1.42. The fraction of sp³-hybridized carbons (Fsp3) is 0.0667. The number of benzene rings is 2. The lowest BCUT2D eigenvalue weighted by molar-refractivity contribution is -0.115. The maximum Gasteiger partial charge on any atom is 0.230 e. The molecule has 1 amide bonds. The maximum atomic E-state index is 11.9. The number of thiazole rings is 1. The molecule has 0 saturated carbocycles. The summed E-state index contributed by atoms with van der Waals surface area (Å²) in [6.07, 6.45) is 2.04. The molecular weight excluding hydrogens is 256 g/mol. The summed E-state index contributed by atoms with van der Waals surface area (Å²) in [6, 6.07) is 14.2. The van der Waals surface area contributed by atoms with Crippen molar-refractivity contribution in [3.05, 3.63) is 59.6 Å². The Kier molecular flexibility index (Phi) is 3.25. The minimum atomic E-state index is -0.0368. The number of aromatic nitrogens is 1. The quantitative estimate of drug-likeness (QED) is 0.790. The average molecular weight is 268 g/mol. The second-order valence-corrected chi connectivity index (χ2v) is 5.14. The molecule has 1 aromatic heterocycles. The van der Waals surface area contributed by atoms with E-state index < -0.39 is 0 Å². The molecule has 0 saturated heterocycles. The number of fused-ring (bicyclic) bond motifs is 1. The van der Waals surface area contributed by atoms with E-state index in [9.17, 15) is 4.79 Å². The van der Waals surface area contributed by atoms with Crippen molar-refractivity contribution in [2.75, 3.05) is 5.32 Å². The van der Waals surface area contributed by atoms with Crippen LogP contribution in [0.2, 0.25) is 0 Å². The predicted molar refractivity (Wildman–Crippen MR) is 78.4 cm³/mol. The van der Waals surface area contributed by atoms with Gasteiger partial charge in [0.25, 0.3) is 0 Å². The van der Waals surface area contributed by atoms with Gasteiger partial charge >= 0.3 is 0 Å². The molecule has 0 radical (unpaired) electrons. The molecule has 19 heavy (non-hydrogen) atoms. The third-order valence-corrected chi connectivity index (χ3v) is 3.55. The van der Waals surface area contributed by atoms with Gasteiger partial charge in [0.1, 0.15) is 0 Å². The van der Waals surface area contributed by atoms with Gasteiger partial charge in [0, 0.05) is 11.6 Å². The number of carbonyl (C=O) groups excluding carboxylic acids is 1. The monoisotopic (exact) mass is 268 g/mol. The number of hydrogen-bond acceptors (Lipinski definition) is 3. The first-order chi connectivity index (χ1) is 9.31. The van der Waals surface area contributed by atoms with Gasteiger partial charge in [-0.3, -0.25) is 4.79 Å². The smallest absolute Gasteiger partial charge is 0.230 e. The van der Waals surface area contributed by atoms with Gasteiger partial charge in [-0.05, 0) is 16.3 Å². The number of amides is 1. The van der Waals surface area contributed by atoms with Crippen LogP contribution in [0.4, 0.5) is 5.13 Å². The first kappa shape index (κ1) is 11.9. The lowest BCUT2D eigenvalue weighted by atomic mass is 10.1. The fourth-order valence-corrected chi connectivity index (χ4v) is 2.53. The van der Waals surface area contributed by atoms with E-state index >= 15 is 0 Å². The van der Waals surface area contributed by atoms with Crippen molar-refractivity contribution in [3.8, 4) is 0 Å². The van der Waals surface area contributed by atoms with E-state index in [1.807, 2.05) is 29.6 Å². The zero-order valence-electron chi connectivity index (χ0n) is 10.2. The van der Waals surface area contributed by atoms with E-state index in [1.54, 1.807) is 6.20 Å². The fourth-order valence-electron chi connectivity index (χ4n) is 1.98. The van der Waals surface area contributed by atoms with E-state index in [0.29, 0.717) is 11.6 Å². The van der Waals surface area contributed by atoms with E-state index in [4.69, 9.17) is 0 Å². The Bertz CT molecular complexity index is 707. The second kappa shape index (κ2) is 5.20. The van der Waals surface area contributed by atoms with Crippen molar-refractivity contribution in [1.29, 1.82) is 0 Å². The van der Waals surface area contributed by atoms with Crippen molar-refractivity contribution < 1.29 is 4.79 Å². The molecule has 0 aliphatic carbocycles. The van der Waals surface area contributed by atoms with Crippen molar-refractivity contribution in [3.63, 3.8) is 0 Å². The Morgan fingerprint density at radius 2 is 2.00 bits per heavy atom. The molecule has 3 rings (SSSR count). The summed E-state index contributed by atoms with van der Waals surface area (Å²) < 4.78 is 0. The Balaban J connectivity index is 1.75. The number of rotatable bonds is 3. The topological polar surface area (TPSA) is 42.0 Å². The van der Waals surface area contributed by atoms with E-state index in [1.165, 1.54) is 16.7 Å². The second-order valence-electron chi connectivity index (χ2n) is 4.24. The zero-order chi connectivity index (χ0) is 13.1. The van der Waals surface area contributed by atoms with Crippen LogP contribution in [0, 0.1) is 0 Å². The Hall–Kier alpha value is -2.20. The molecule has 2 aromatic carbocycles. The van der Waals surface area contributed by atoms with E-state index in [0.717, 1.165) is 10.9 Å². The van der Waals surface area contributed by atoms with Crippen LogP contribution >= 0.6 is 11.3 Å². The van der Waals surface area contributed by atoms with Gasteiger partial charge in [0.05, 0.1) is 6.42 Å². The summed E-state index contributed by atoms with van der Waals surface area (Å²) in [5.41, 5.74) is 1.01. The van der Waals surface area contributed by atoms with Crippen molar-refractivity contribution in [1.82, 2.24) is 4.98 Å². The molecule has 3 aromatic rings. The van der Waals surface area contributed by atoms with Gasteiger partial charge in [-0.1, -0.05) is 42.5 Å². The molecule has 0 unspecified atom stereocenters. The minimum Gasteiger partial charge on any atom is -0.302 e. The van der Waals surface area contributed by atoms with Crippen LogP contribution in [0.15, 0.2) is 54.0 Å². The lowest BCUT2D eigenvalue weighted by Gasteiger charge is -2.04. The van der Waals surface area contributed by atoms with Crippen molar-refractivity contribution in [2.45, 2.75) is 6.42 Å². The van der Waals surface area contributed by atoms with Gasteiger partial charge in [-0.25, -0.2) is 4.98 Å². The minimum absolute atomic E-state index is 0.0368. The summed E-state index contributed by atoms with van der Waals surface area (Å²) in [5.74, 6) is -0.0368.